The largest absolute Gasteiger partial charge is 0.244 e. The number of sulfonamides is 1. The minimum atomic E-state index is -3.62. The maximum Gasteiger partial charge on any atom is 0.244 e. The number of benzene rings is 1. The zero-order chi connectivity index (χ0) is 9.90. The van der Waals surface area contributed by atoms with E-state index in [1.165, 1.54) is 6.08 Å². The molecule has 0 saturated heterocycles. The van der Waals surface area contributed by atoms with Gasteiger partial charge in [0.2, 0.25) is 10.0 Å². The highest BCUT2D eigenvalue weighted by Gasteiger charge is 2.06. The van der Waals surface area contributed by atoms with Gasteiger partial charge in [0.05, 0.1) is 0 Å². The van der Waals surface area contributed by atoms with Crippen molar-refractivity contribution < 1.29 is 8.42 Å². The average molecular weight is 262 g/mol. The Morgan fingerprint density at radius 3 is 2.31 bits per heavy atom. The molecule has 1 rings (SSSR count). The van der Waals surface area contributed by atoms with Gasteiger partial charge in [-0.2, -0.15) is 0 Å². The van der Waals surface area contributed by atoms with Crippen molar-refractivity contribution in [3.63, 3.8) is 0 Å². The van der Waals surface area contributed by atoms with Crippen LogP contribution in [0.4, 0.5) is 0 Å². The van der Waals surface area contributed by atoms with Gasteiger partial charge in [-0.05, 0) is 27.6 Å². The van der Waals surface area contributed by atoms with Crippen molar-refractivity contribution in [2.75, 3.05) is 0 Å². The van der Waals surface area contributed by atoms with Crippen LogP contribution in [-0.4, -0.2) is 8.42 Å². The lowest BCUT2D eigenvalue weighted by atomic mass is 10.2. The number of halogens is 1. The minimum absolute atomic E-state index is 0.0220. The first-order valence-corrected chi connectivity index (χ1v) is 5.79. The van der Waals surface area contributed by atoms with Crippen molar-refractivity contribution >= 4 is 32.0 Å². The van der Waals surface area contributed by atoms with Crippen molar-refractivity contribution in [2.45, 2.75) is 0 Å². The van der Waals surface area contributed by atoms with Gasteiger partial charge in [0.1, 0.15) is 3.81 Å². The molecule has 0 radical (unpaired) electrons. The first kappa shape index (κ1) is 10.4. The number of hydrogen-bond donors (Lipinski definition) is 1. The van der Waals surface area contributed by atoms with Crippen LogP contribution >= 0.6 is 15.9 Å². The van der Waals surface area contributed by atoms with Crippen LogP contribution < -0.4 is 5.14 Å². The number of nitrogens with two attached hydrogens (primary N) is 1. The Hall–Kier alpha value is -0.650. The third kappa shape index (κ3) is 3.30. The Labute approximate surface area is 85.4 Å². The molecular formula is C8H8BrNO2S. The maximum absolute atomic E-state index is 10.8. The molecule has 0 saturated carbocycles. The fourth-order valence-electron chi connectivity index (χ4n) is 0.762. The zero-order valence-corrected chi connectivity index (χ0v) is 9.05. The van der Waals surface area contributed by atoms with Gasteiger partial charge in [-0.3, -0.25) is 0 Å². The van der Waals surface area contributed by atoms with E-state index < -0.39 is 10.0 Å². The molecule has 0 unspecified atom stereocenters. The van der Waals surface area contributed by atoms with E-state index in [9.17, 15) is 8.42 Å². The Morgan fingerprint density at radius 2 is 1.85 bits per heavy atom. The lowest BCUT2D eigenvalue weighted by Gasteiger charge is -1.95. The first-order valence-electron chi connectivity index (χ1n) is 3.45. The van der Waals surface area contributed by atoms with E-state index in [-0.39, 0.29) is 3.81 Å². The summed E-state index contributed by atoms with van der Waals surface area (Å²) in [4.78, 5) is 0. The van der Waals surface area contributed by atoms with E-state index in [4.69, 9.17) is 5.14 Å². The van der Waals surface area contributed by atoms with Gasteiger partial charge in [0, 0.05) is 0 Å². The second kappa shape index (κ2) is 4.04. The minimum Gasteiger partial charge on any atom is -0.224 e. The topological polar surface area (TPSA) is 60.2 Å². The zero-order valence-electron chi connectivity index (χ0n) is 6.64. The Bertz CT molecular complexity index is 411. The molecule has 1 aromatic carbocycles. The summed E-state index contributed by atoms with van der Waals surface area (Å²) in [6.07, 6.45) is 1.45. The predicted octanol–water partition coefficient (Wildman–Crippen LogP) is 1.67. The fourth-order valence-corrected chi connectivity index (χ4v) is 1.33. The van der Waals surface area contributed by atoms with E-state index in [0.717, 1.165) is 5.56 Å². The molecule has 0 amide bonds. The van der Waals surface area contributed by atoms with Gasteiger partial charge >= 0.3 is 0 Å². The lowest BCUT2D eigenvalue weighted by molar-refractivity contribution is 0.606. The van der Waals surface area contributed by atoms with E-state index in [1.807, 2.05) is 18.2 Å². The summed E-state index contributed by atoms with van der Waals surface area (Å²) in [5, 5.41) is 4.88. The number of hydrogen-bond acceptors (Lipinski definition) is 2. The Morgan fingerprint density at radius 1 is 1.31 bits per heavy atom. The van der Waals surface area contributed by atoms with Gasteiger partial charge in [0.25, 0.3) is 0 Å². The molecular weight excluding hydrogens is 254 g/mol. The molecule has 13 heavy (non-hydrogen) atoms. The predicted molar refractivity (Wildman–Crippen MR) is 56.5 cm³/mol. The summed E-state index contributed by atoms with van der Waals surface area (Å²) in [5.74, 6) is 0. The van der Waals surface area contributed by atoms with E-state index in [0.29, 0.717) is 0 Å². The molecule has 5 heteroatoms. The van der Waals surface area contributed by atoms with Crippen LogP contribution in [0.2, 0.25) is 0 Å². The summed E-state index contributed by atoms with van der Waals surface area (Å²) in [5.41, 5.74) is 0.781. The number of rotatable bonds is 2. The van der Waals surface area contributed by atoms with Crippen molar-refractivity contribution in [2.24, 2.45) is 5.14 Å². The van der Waals surface area contributed by atoms with Crippen LogP contribution in [0.1, 0.15) is 5.56 Å². The molecule has 1 aromatic rings. The second-order valence-corrected chi connectivity index (χ2v) is 5.31. The van der Waals surface area contributed by atoms with Crippen molar-refractivity contribution in [1.82, 2.24) is 0 Å². The molecule has 0 atom stereocenters. The Kier molecular flexibility index (Phi) is 3.24. The highest BCUT2D eigenvalue weighted by atomic mass is 79.9. The fraction of sp³-hybridized carbons (Fsp3) is 0. The molecule has 0 aromatic heterocycles. The molecule has 0 spiro atoms. The standard InChI is InChI=1S/C8H8BrNO2S/c9-8(13(10,11)12)6-7-4-2-1-3-5-7/h1-6H,(H2,10,11,12)/b8-6-. The van der Waals surface area contributed by atoms with Crippen molar-refractivity contribution in [1.29, 1.82) is 0 Å². The second-order valence-electron chi connectivity index (χ2n) is 2.40. The SMILES string of the molecule is NS(=O)(=O)/C(Br)=C\c1ccccc1. The Balaban J connectivity index is 3.04. The van der Waals surface area contributed by atoms with Crippen LogP contribution in [0, 0.1) is 0 Å². The smallest absolute Gasteiger partial charge is 0.224 e. The molecule has 0 aliphatic carbocycles. The molecule has 0 fully saturated rings. The molecule has 3 nitrogen and oxygen atoms in total. The lowest BCUT2D eigenvalue weighted by Crippen LogP contribution is -2.10. The van der Waals surface area contributed by atoms with Crippen LogP contribution in [0.25, 0.3) is 6.08 Å². The van der Waals surface area contributed by atoms with E-state index >= 15 is 0 Å². The van der Waals surface area contributed by atoms with Crippen LogP contribution in [0.5, 0.6) is 0 Å². The maximum atomic E-state index is 10.8. The molecule has 2 N–H and O–H groups in total. The summed E-state index contributed by atoms with van der Waals surface area (Å²) in [7, 11) is -3.62. The third-order valence-electron chi connectivity index (χ3n) is 1.35. The summed E-state index contributed by atoms with van der Waals surface area (Å²) in [6, 6.07) is 9.05. The van der Waals surface area contributed by atoms with E-state index in [1.54, 1.807) is 12.1 Å². The molecule has 0 aliphatic heterocycles. The molecule has 0 heterocycles. The normalized spacial score (nSPS) is 12.9. The van der Waals surface area contributed by atoms with Gasteiger partial charge in [0.15, 0.2) is 0 Å². The van der Waals surface area contributed by atoms with Crippen LogP contribution in [-0.2, 0) is 10.0 Å². The van der Waals surface area contributed by atoms with Gasteiger partial charge < -0.3 is 0 Å². The summed E-state index contributed by atoms with van der Waals surface area (Å²) in [6.45, 7) is 0. The molecule has 0 aliphatic rings. The van der Waals surface area contributed by atoms with Crippen molar-refractivity contribution in [3.8, 4) is 0 Å². The highest BCUT2D eigenvalue weighted by molar-refractivity contribution is 9.13. The summed E-state index contributed by atoms with van der Waals surface area (Å²) < 4.78 is 21.6. The molecule has 0 bridgehead atoms. The highest BCUT2D eigenvalue weighted by Crippen LogP contribution is 2.15. The quantitative estimate of drug-likeness (QED) is 0.881. The van der Waals surface area contributed by atoms with Crippen LogP contribution in [0.3, 0.4) is 0 Å². The van der Waals surface area contributed by atoms with Crippen LogP contribution in [0.15, 0.2) is 34.1 Å². The molecule has 70 valence electrons. The number of primary sulfonamides is 1. The van der Waals surface area contributed by atoms with Crippen molar-refractivity contribution in [3.05, 3.63) is 39.7 Å². The summed E-state index contributed by atoms with van der Waals surface area (Å²) >= 11 is 2.88. The van der Waals surface area contributed by atoms with Gasteiger partial charge in [-0.25, -0.2) is 13.6 Å². The first-order chi connectivity index (χ1) is 6.00. The van der Waals surface area contributed by atoms with Gasteiger partial charge in [-0.1, -0.05) is 30.3 Å². The van der Waals surface area contributed by atoms with Gasteiger partial charge in [-0.15, -0.1) is 0 Å². The van der Waals surface area contributed by atoms with E-state index in [2.05, 4.69) is 15.9 Å². The average Bonchev–Trinajstić information content (AvgIpc) is 2.04. The third-order valence-corrected chi connectivity index (χ3v) is 3.60. The monoisotopic (exact) mass is 261 g/mol.